The molecule has 2 radical (unpaired) electrons. The predicted molar refractivity (Wildman–Crippen MR) is 52.4 cm³/mol. The van der Waals surface area contributed by atoms with Gasteiger partial charge in [0.25, 0.3) is 7.82 Å². The van der Waals surface area contributed by atoms with E-state index in [9.17, 15) is 23.3 Å². The summed E-state index contributed by atoms with van der Waals surface area (Å²) in [6, 6.07) is -1.44. The van der Waals surface area contributed by atoms with Gasteiger partial charge in [-0.25, -0.2) is 4.39 Å². The van der Waals surface area contributed by atoms with E-state index in [0.717, 1.165) is 7.11 Å². The predicted octanol–water partition coefficient (Wildman–Crippen LogP) is -1.25. The lowest BCUT2D eigenvalue weighted by Crippen LogP contribution is -2.35. The molecule has 1 rings (SSSR count). The van der Waals surface area contributed by atoms with Gasteiger partial charge in [0.05, 0.1) is 6.00 Å². The SMILES string of the molecule is [B][C@@H]1O[C@H](CO[P+](=O)[O-])C(OP(=O)([O-])OC)[C@@H]1F. The molecule has 0 N–H and O–H groups in total. The first-order valence-electron chi connectivity index (χ1n) is 4.64. The average molecular weight is 301 g/mol. The summed E-state index contributed by atoms with van der Waals surface area (Å²) in [5.41, 5.74) is 0. The van der Waals surface area contributed by atoms with Crippen LogP contribution in [0.5, 0.6) is 0 Å². The second-order valence-corrected chi connectivity index (χ2v) is 5.48. The van der Waals surface area contributed by atoms with Crippen LogP contribution < -0.4 is 9.79 Å². The normalized spacial score (nSPS) is 36.3. The second-order valence-electron chi connectivity index (χ2n) is 3.30. The van der Waals surface area contributed by atoms with Crippen molar-refractivity contribution in [3.63, 3.8) is 0 Å². The molecule has 12 heteroatoms. The quantitative estimate of drug-likeness (QED) is 0.441. The molecule has 8 nitrogen and oxygen atoms in total. The van der Waals surface area contributed by atoms with Crippen molar-refractivity contribution in [1.29, 1.82) is 0 Å². The van der Waals surface area contributed by atoms with Gasteiger partial charge in [-0.15, -0.1) is 4.52 Å². The fourth-order valence-electron chi connectivity index (χ4n) is 1.33. The molecule has 0 spiro atoms. The third-order valence-corrected chi connectivity index (χ3v) is 3.45. The molecular formula is C6H9BFO8P2-. The lowest BCUT2D eigenvalue weighted by Gasteiger charge is -2.27. The lowest BCUT2D eigenvalue weighted by atomic mass is 9.94. The second kappa shape index (κ2) is 6.50. The van der Waals surface area contributed by atoms with Gasteiger partial charge in [-0.05, 0) is 4.57 Å². The highest BCUT2D eigenvalue weighted by atomic mass is 31.2. The molecule has 1 heterocycles. The molecule has 1 aliphatic rings. The van der Waals surface area contributed by atoms with Crippen molar-refractivity contribution >= 4 is 23.9 Å². The van der Waals surface area contributed by atoms with Gasteiger partial charge in [0.15, 0.2) is 0 Å². The molecule has 1 aliphatic heterocycles. The van der Waals surface area contributed by atoms with E-state index in [1.807, 2.05) is 0 Å². The number of hydrogen-bond donors (Lipinski definition) is 0. The van der Waals surface area contributed by atoms with Gasteiger partial charge >= 0.3 is 8.25 Å². The number of rotatable bonds is 6. The maximum absolute atomic E-state index is 13.5. The Morgan fingerprint density at radius 1 is 1.61 bits per heavy atom. The molecule has 0 aromatic carbocycles. The number of ether oxygens (including phenoxy) is 1. The van der Waals surface area contributed by atoms with E-state index in [4.69, 9.17) is 12.6 Å². The molecule has 0 aromatic heterocycles. The number of phosphoric acid groups is 1. The summed E-state index contributed by atoms with van der Waals surface area (Å²) in [5.74, 6) is 0. The minimum atomic E-state index is -4.70. The minimum Gasteiger partial charge on any atom is -0.756 e. The molecule has 0 aliphatic carbocycles. The molecule has 18 heavy (non-hydrogen) atoms. The summed E-state index contributed by atoms with van der Waals surface area (Å²) in [5, 5.41) is 0. The Morgan fingerprint density at radius 3 is 2.72 bits per heavy atom. The molecule has 1 saturated heterocycles. The van der Waals surface area contributed by atoms with Gasteiger partial charge in [-0.2, -0.15) is 0 Å². The van der Waals surface area contributed by atoms with Crippen LogP contribution in [0.25, 0.3) is 0 Å². The lowest BCUT2D eigenvalue weighted by molar-refractivity contribution is -0.230. The van der Waals surface area contributed by atoms with E-state index < -0.39 is 47.1 Å². The summed E-state index contributed by atoms with van der Waals surface area (Å²) in [6.45, 7) is -0.610. The Morgan fingerprint density at radius 2 is 2.22 bits per heavy atom. The average Bonchev–Trinajstić information content (AvgIpc) is 2.54. The largest absolute Gasteiger partial charge is 0.756 e. The number of phosphoric ester groups is 1. The van der Waals surface area contributed by atoms with Crippen LogP contribution in [0.3, 0.4) is 0 Å². The van der Waals surface area contributed by atoms with Crippen LogP contribution in [0.2, 0.25) is 0 Å². The zero-order chi connectivity index (χ0) is 13.9. The maximum Gasteiger partial charge on any atom is 0.488 e. The molecule has 6 atom stereocenters. The van der Waals surface area contributed by atoms with E-state index in [1.54, 1.807) is 0 Å². The monoisotopic (exact) mass is 301 g/mol. The summed E-state index contributed by atoms with van der Waals surface area (Å²) < 4.78 is 52.2. The van der Waals surface area contributed by atoms with Crippen LogP contribution in [0, 0.1) is 0 Å². The third-order valence-electron chi connectivity index (χ3n) is 2.14. The van der Waals surface area contributed by atoms with Crippen molar-refractivity contribution in [2.75, 3.05) is 13.7 Å². The molecule has 0 aromatic rings. The first-order valence-corrected chi connectivity index (χ1v) is 7.20. The van der Waals surface area contributed by atoms with E-state index in [1.165, 1.54) is 0 Å². The van der Waals surface area contributed by atoms with E-state index >= 15 is 0 Å². The van der Waals surface area contributed by atoms with Crippen LogP contribution in [0.1, 0.15) is 0 Å². The summed E-state index contributed by atoms with van der Waals surface area (Å²) in [4.78, 5) is 21.3. The highest BCUT2D eigenvalue weighted by Gasteiger charge is 2.46. The number of hydrogen-bond acceptors (Lipinski definition) is 8. The topological polar surface area (TPSA) is 117 Å². The summed E-state index contributed by atoms with van der Waals surface area (Å²) >= 11 is 0. The molecular weight excluding hydrogens is 292 g/mol. The van der Waals surface area contributed by atoms with Crippen LogP contribution in [-0.4, -0.2) is 45.9 Å². The van der Waals surface area contributed by atoms with E-state index in [-0.39, 0.29) is 0 Å². The van der Waals surface area contributed by atoms with Crippen molar-refractivity contribution in [2.24, 2.45) is 0 Å². The molecule has 3 unspecified atom stereocenters. The van der Waals surface area contributed by atoms with Gasteiger partial charge < -0.3 is 23.6 Å². The van der Waals surface area contributed by atoms with Gasteiger partial charge in [-0.3, -0.25) is 4.57 Å². The standard InChI is InChI=1S/C6H10BFO8P2/c1-13-18(11,12)16-5-3(2-14-17(9)10)15-6(7)4(5)8/h3-6H,2H2,1H3,(H,11,12)/p-1/t3-,4+,5?,6-/m1/s1. The molecule has 0 amide bonds. The van der Waals surface area contributed by atoms with Crippen molar-refractivity contribution in [1.82, 2.24) is 0 Å². The fourth-order valence-corrected chi connectivity index (χ4v) is 2.24. The highest BCUT2D eigenvalue weighted by Crippen LogP contribution is 2.43. The number of halogens is 1. The van der Waals surface area contributed by atoms with Gasteiger partial charge in [0, 0.05) is 7.11 Å². The van der Waals surface area contributed by atoms with E-state index in [0.29, 0.717) is 0 Å². The summed E-state index contributed by atoms with van der Waals surface area (Å²) in [7, 11) is -1.84. The Hall–Kier alpha value is 0.0849. The Labute approximate surface area is 104 Å². The van der Waals surface area contributed by atoms with Crippen LogP contribution in [0.15, 0.2) is 0 Å². The Balaban J connectivity index is 2.70. The van der Waals surface area contributed by atoms with Crippen molar-refractivity contribution in [2.45, 2.75) is 24.4 Å². The summed E-state index contributed by atoms with van der Waals surface area (Å²) in [6.07, 6.45) is -4.86. The van der Waals surface area contributed by atoms with Crippen molar-refractivity contribution in [3.8, 4) is 0 Å². The fraction of sp³-hybridized carbons (Fsp3) is 1.00. The van der Waals surface area contributed by atoms with Crippen LogP contribution in [-0.2, 0) is 27.4 Å². The van der Waals surface area contributed by atoms with Crippen LogP contribution >= 0.6 is 16.1 Å². The smallest absolute Gasteiger partial charge is 0.488 e. The van der Waals surface area contributed by atoms with Gasteiger partial charge in [-0.1, -0.05) is 0 Å². The highest BCUT2D eigenvalue weighted by molar-refractivity contribution is 7.45. The van der Waals surface area contributed by atoms with Gasteiger partial charge in [0.1, 0.15) is 32.8 Å². The first kappa shape index (κ1) is 16.1. The van der Waals surface area contributed by atoms with Crippen molar-refractivity contribution in [3.05, 3.63) is 0 Å². The maximum atomic E-state index is 13.5. The Kier molecular flexibility index (Phi) is 5.83. The van der Waals surface area contributed by atoms with Gasteiger partial charge in [0.2, 0.25) is 0 Å². The molecule has 0 bridgehead atoms. The van der Waals surface area contributed by atoms with Crippen molar-refractivity contribution < 1.29 is 41.6 Å². The zero-order valence-corrected chi connectivity index (χ0v) is 10.9. The third kappa shape index (κ3) is 4.33. The Bertz CT molecular complexity index is 356. The molecule has 1 fully saturated rings. The van der Waals surface area contributed by atoms with E-state index in [2.05, 4.69) is 13.6 Å². The molecule has 0 saturated carbocycles. The molecule has 102 valence electrons. The minimum absolute atomic E-state index is 0.610. The first-order chi connectivity index (χ1) is 8.26. The zero-order valence-electron chi connectivity index (χ0n) is 9.13. The number of alkyl halides is 1. The van der Waals surface area contributed by atoms with Crippen LogP contribution in [0.4, 0.5) is 4.39 Å².